The van der Waals surface area contributed by atoms with Gasteiger partial charge in [0.1, 0.15) is 0 Å². The van der Waals surface area contributed by atoms with Crippen LogP contribution < -0.4 is 0 Å². The maximum atomic E-state index is 0. The van der Waals surface area contributed by atoms with Gasteiger partial charge in [0.2, 0.25) is 0 Å². The van der Waals surface area contributed by atoms with E-state index >= 15 is 0 Å². The van der Waals surface area contributed by atoms with Gasteiger partial charge in [-0.25, -0.2) is 0 Å². The molecule has 0 rings (SSSR count). The van der Waals surface area contributed by atoms with Crippen LogP contribution in [0.4, 0.5) is 0 Å². The van der Waals surface area contributed by atoms with E-state index in [-0.39, 0.29) is 123 Å². The van der Waals surface area contributed by atoms with E-state index in [9.17, 15) is 0 Å². The smallest absolute Gasteiger partial charge is 0 e. The summed E-state index contributed by atoms with van der Waals surface area (Å²) >= 11 is 0. The summed E-state index contributed by atoms with van der Waals surface area (Å²) in [6, 6.07) is 0. The molecule has 0 amide bonds. The molecule has 0 aliphatic rings. The fourth-order valence-electron chi connectivity index (χ4n) is 0. The van der Waals surface area contributed by atoms with E-state index in [0.717, 1.165) is 0 Å². The van der Waals surface area contributed by atoms with Gasteiger partial charge < -0.3 is 0 Å². The Labute approximate surface area is 120 Å². The second-order valence-corrected chi connectivity index (χ2v) is 0. The van der Waals surface area contributed by atoms with Gasteiger partial charge in [0, 0.05) is 123 Å². The zero-order chi connectivity index (χ0) is 0. The molecule has 0 fully saturated rings. The van der Waals surface area contributed by atoms with Crippen molar-refractivity contribution in [3.63, 3.8) is 0 Å². The molecule has 0 spiro atoms. The van der Waals surface area contributed by atoms with Crippen LogP contribution in [0.1, 0.15) is 0 Å². The fraction of sp³-hybridized carbons (Fsp3) is 0. The Hall–Kier alpha value is 3.92. The largest absolute Gasteiger partial charge is 0 e. The molecule has 0 saturated heterocycles. The molecule has 0 N–H and O–H groups in total. The van der Waals surface area contributed by atoms with Gasteiger partial charge in [-0.2, -0.15) is 0 Å². The molecule has 1 radical (unpaired) electrons. The molecule has 0 bridgehead atoms. The summed E-state index contributed by atoms with van der Waals surface area (Å²) in [7, 11) is 0. The molecule has 31 valence electrons. The Kier molecular flexibility index (Phi) is 97.4. The fourth-order valence-corrected chi connectivity index (χ4v) is 0. The summed E-state index contributed by atoms with van der Waals surface area (Å²) in [4.78, 5) is 0. The van der Waals surface area contributed by atoms with Crippen LogP contribution in [0, 0.1) is 90.2 Å². The van der Waals surface area contributed by atoms with E-state index in [1.165, 1.54) is 0 Å². The minimum absolute atomic E-state index is 0. The molecular weight excluding hydrogens is 414 g/mol. The second-order valence-electron chi connectivity index (χ2n) is 0. The topological polar surface area (TPSA) is 0 Å². The summed E-state index contributed by atoms with van der Waals surface area (Å²) in [5, 5.41) is 0. The number of rotatable bonds is 0. The average molecular weight is 414 g/mol. The van der Waals surface area contributed by atoms with Gasteiger partial charge in [-0.1, -0.05) is 0 Å². The van der Waals surface area contributed by atoms with Gasteiger partial charge in [-0.3, -0.25) is 0 Å². The molecule has 4 heavy (non-hydrogen) atoms. The normalized spacial score (nSPS) is 0. The molecule has 4 heteroatoms. The monoisotopic (exact) mass is 411 g/mol. The van der Waals surface area contributed by atoms with Crippen LogP contribution in [0.2, 0.25) is 0 Å². The first-order valence-corrected chi connectivity index (χ1v) is 0. The quantitative estimate of drug-likeness (QED) is 0.491. The minimum Gasteiger partial charge on any atom is 0 e. The van der Waals surface area contributed by atoms with Crippen molar-refractivity contribution < 1.29 is 123 Å². The van der Waals surface area contributed by atoms with Gasteiger partial charge in [0.25, 0.3) is 0 Å². The molecule has 0 aromatic heterocycles. The maximum absolute atomic E-state index is 0. The Balaban J connectivity index is 0. The zero-order valence-electron chi connectivity index (χ0n) is 1.51. The van der Waals surface area contributed by atoms with E-state index in [0.29, 0.717) is 0 Å². The third kappa shape index (κ3) is 9.33. The molecule has 0 aliphatic heterocycles. The molecule has 0 aliphatic carbocycles. The summed E-state index contributed by atoms with van der Waals surface area (Å²) in [6.07, 6.45) is 0. The van der Waals surface area contributed by atoms with Crippen molar-refractivity contribution in [2.24, 2.45) is 0 Å². The van der Waals surface area contributed by atoms with Crippen LogP contribution in [0.15, 0.2) is 0 Å². The molecule has 0 unspecified atom stereocenters. The Morgan fingerprint density at radius 2 is 0.750 bits per heavy atom. The van der Waals surface area contributed by atoms with E-state index in [4.69, 9.17) is 0 Å². The standard InChI is InChI=1S/Eu.Nd.2Ni. The van der Waals surface area contributed by atoms with Gasteiger partial charge >= 0.3 is 0 Å². The van der Waals surface area contributed by atoms with Gasteiger partial charge in [-0.05, 0) is 0 Å². The van der Waals surface area contributed by atoms with Crippen LogP contribution >= 0.6 is 0 Å². The van der Waals surface area contributed by atoms with Crippen molar-refractivity contribution in [1.29, 1.82) is 0 Å². The first kappa shape index (κ1) is 24.7. The van der Waals surface area contributed by atoms with Crippen molar-refractivity contribution in [2.45, 2.75) is 0 Å². The number of hydrogen-bond acceptors (Lipinski definition) is 0. The zero-order valence-corrected chi connectivity index (χ0v) is 9.12. The molecule has 0 aromatic carbocycles. The Morgan fingerprint density at radius 1 is 0.750 bits per heavy atom. The van der Waals surface area contributed by atoms with Crippen LogP contribution in [0.25, 0.3) is 0 Å². The average Bonchev–Trinajstić information content (AvgIpc) is 0. The van der Waals surface area contributed by atoms with Crippen molar-refractivity contribution in [3.8, 4) is 0 Å². The van der Waals surface area contributed by atoms with E-state index in [2.05, 4.69) is 0 Å². The molecule has 0 nitrogen and oxygen atoms in total. The van der Waals surface area contributed by atoms with Gasteiger partial charge in [0.15, 0.2) is 0 Å². The molecule has 0 atom stereocenters. The minimum atomic E-state index is 0. The molecule has 0 heterocycles. The second kappa shape index (κ2) is 15.8. The van der Waals surface area contributed by atoms with Crippen molar-refractivity contribution in [2.75, 3.05) is 0 Å². The van der Waals surface area contributed by atoms with Gasteiger partial charge in [0.05, 0.1) is 0 Å². The summed E-state index contributed by atoms with van der Waals surface area (Å²) in [5.74, 6) is 0. The van der Waals surface area contributed by atoms with Crippen LogP contribution in [-0.4, -0.2) is 0 Å². The molecular formula is EuNdNi2. The predicted molar refractivity (Wildman–Crippen MR) is 0 cm³/mol. The summed E-state index contributed by atoms with van der Waals surface area (Å²) in [6.45, 7) is 0. The van der Waals surface area contributed by atoms with E-state index in [1.54, 1.807) is 0 Å². The van der Waals surface area contributed by atoms with Crippen LogP contribution in [0.5, 0.6) is 0 Å². The number of hydrogen-bond donors (Lipinski definition) is 0. The predicted octanol–water partition coefficient (Wildman–Crippen LogP) is -0.00500. The van der Waals surface area contributed by atoms with E-state index < -0.39 is 0 Å². The first-order valence-electron chi connectivity index (χ1n) is 0. The van der Waals surface area contributed by atoms with E-state index in [1.807, 2.05) is 0 Å². The van der Waals surface area contributed by atoms with Crippen LogP contribution in [0.3, 0.4) is 0 Å². The summed E-state index contributed by atoms with van der Waals surface area (Å²) in [5.41, 5.74) is 0. The maximum Gasteiger partial charge on any atom is 0 e. The Bertz CT molecular complexity index is 6.00. The van der Waals surface area contributed by atoms with Gasteiger partial charge in [-0.15, -0.1) is 0 Å². The van der Waals surface area contributed by atoms with Crippen molar-refractivity contribution >= 4 is 0 Å². The van der Waals surface area contributed by atoms with Crippen molar-refractivity contribution in [3.05, 3.63) is 0 Å². The third-order valence-electron chi connectivity index (χ3n) is 0. The van der Waals surface area contributed by atoms with Crippen LogP contribution in [-0.2, 0) is 33.0 Å². The molecule has 0 aromatic rings. The summed E-state index contributed by atoms with van der Waals surface area (Å²) < 4.78 is 0. The third-order valence-corrected chi connectivity index (χ3v) is 0. The Morgan fingerprint density at radius 3 is 0.750 bits per heavy atom. The molecule has 0 saturated carbocycles. The first-order chi connectivity index (χ1) is 0. The SMILES string of the molecule is [Eu].[Nd].[Ni].[Ni]. The van der Waals surface area contributed by atoms with Crippen molar-refractivity contribution in [1.82, 2.24) is 0 Å².